The summed E-state index contributed by atoms with van der Waals surface area (Å²) < 4.78 is 67.2. The molecule has 144 valence electrons. The molecule has 2 aromatic rings. The van der Waals surface area contributed by atoms with E-state index in [2.05, 4.69) is 50.8 Å². The van der Waals surface area contributed by atoms with Crippen molar-refractivity contribution < 1.29 is 41.4 Å². The van der Waals surface area contributed by atoms with E-state index in [4.69, 9.17) is 0 Å². The maximum atomic E-state index is 12.6. The fourth-order valence-corrected chi connectivity index (χ4v) is 2.83. The van der Waals surface area contributed by atoms with Gasteiger partial charge in [0.1, 0.15) is 0 Å². The largest absolute Gasteiger partial charge is 0.586 e. The van der Waals surface area contributed by atoms with Crippen molar-refractivity contribution >= 4 is 37.5 Å². The van der Waals surface area contributed by atoms with Crippen LogP contribution in [-0.2, 0) is 0 Å². The van der Waals surface area contributed by atoms with Crippen LogP contribution >= 0.6 is 31.9 Å². The lowest BCUT2D eigenvalue weighted by Crippen LogP contribution is -2.25. The maximum absolute atomic E-state index is 12.6. The van der Waals surface area contributed by atoms with E-state index >= 15 is 0 Å². The normalized spacial score (nSPS) is 17.1. The van der Waals surface area contributed by atoms with Crippen LogP contribution in [0.5, 0.6) is 23.0 Å². The lowest BCUT2D eigenvalue weighted by atomic mass is 10.3. The van der Waals surface area contributed by atoms with Crippen LogP contribution in [0.2, 0.25) is 0 Å². The number of nitrogens with zero attached hydrogens (tertiary/aromatic N) is 1. The number of nitro benzene ring substituents is 1. The van der Waals surface area contributed by atoms with Gasteiger partial charge < -0.3 is 18.9 Å². The monoisotopic (exact) mass is 517 g/mol. The molecule has 27 heavy (non-hydrogen) atoms. The number of ether oxygens (including phenoxy) is 4. The Labute approximate surface area is 164 Å². The number of nitro groups is 1. The summed E-state index contributed by atoms with van der Waals surface area (Å²) >= 11 is 5.99. The molecule has 0 saturated heterocycles. The molecule has 0 atom stereocenters. The van der Waals surface area contributed by atoms with Crippen LogP contribution in [0.1, 0.15) is 0 Å². The molecule has 0 aromatic heterocycles. The van der Waals surface area contributed by atoms with E-state index in [1.54, 1.807) is 6.07 Å². The molecule has 0 N–H and O–H groups in total. The summed E-state index contributed by atoms with van der Waals surface area (Å²) in [6.45, 7) is 0. The number of fused-ring (bicyclic) bond motifs is 2. The van der Waals surface area contributed by atoms with Gasteiger partial charge in [-0.15, -0.1) is 17.6 Å². The number of rotatable bonds is 1. The molecule has 0 bridgehead atoms. The van der Waals surface area contributed by atoms with Crippen LogP contribution in [0.3, 0.4) is 0 Å². The Morgan fingerprint density at radius 1 is 0.815 bits per heavy atom. The van der Waals surface area contributed by atoms with Gasteiger partial charge in [-0.3, -0.25) is 10.1 Å². The van der Waals surface area contributed by atoms with Gasteiger partial charge in [0.2, 0.25) is 0 Å². The highest BCUT2D eigenvalue weighted by molar-refractivity contribution is 9.10. The molecular formula is C14H5Br2F4NO6. The second kappa shape index (κ2) is 6.71. The molecule has 0 saturated carbocycles. The molecule has 0 amide bonds. The van der Waals surface area contributed by atoms with Gasteiger partial charge in [0.25, 0.3) is 5.69 Å². The third kappa shape index (κ3) is 4.35. The predicted octanol–water partition coefficient (Wildman–Crippen LogP) is 5.45. The Bertz CT molecular complexity index is 927. The Kier molecular flexibility index (Phi) is 4.84. The number of hydrogen-bond donors (Lipinski definition) is 0. The zero-order chi connectivity index (χ0) is 20.0. The highest BCUT2D eigenvalue weighted by Crippen LogP contribution is 2.45. The van der Waals surface area contributed by atoms with Gasteiger partial charge >= 0.3 is 12.6 Å². The molecule has 7 nitrogen and oxygen atoms in total. The van der Waals surface area contributed by atoms with E-state index in [0.29, 0.717) is 4.47 Å². The van der Waals surface area contributed by atoms with Gasteiger partial charge in [-0.1, -0.05) is 15.9 Å². The summed E-state index contributed by atoms with van der Waals surface area (Å²) in [6, 6.07) is 6.38. The second-order valence-electron chi connectivity index (χ2n) is 4.93. The van der Waals surface area contributed by atoms with Gasteiger partial charge in [0, 0.05) is 10.5 Å². The molecular weight excluding hydrogens is 514 g/mol. The number of benzene rings is 2. The fraction of sp³-hybridized carbons (Fsp3) is 0.143. The van der Waals surface area contributed by atoms with Crippen molar-refractivity contribution in [1.82, 2.24) is 0 Å². The summed E-state index contributed by atoms with van der Waals surface area (Å²) in [6.07, 6.45) is -7.29. The molecule has 2 aliphatic heterocycles. The van der Waals surface area contributed by atoms with Gasteiger partial charge in [-0.25, -0.2) is 0 Å². The quantitative estimate of drug-likeness (QED) is 0.284. The van der Waals surface area contributed by atoms with E-state index in [1.165, 1.54) is 12.1 Å². The second-order valence-corrected chi connectivity index (χ2v) is 6.70. The highest BCUT2D eigenvalue weighted by atomic mass is 79.9. The smallest absolute Gasteiger partial charge is 0.395 e. The molecule has 0 spiro atoms. The van der Waals surface area contributed by atoms with Crippen molar-refractivity contribution in [2.45, 2.75) is 12.6 Å². The molecule has 0 unspecified atom stereocenters. The first kappa shape index (κ1) is 19.5. The van der Waals surface area contributed by atoms with Crippen molar-refractivity contribution in [3.05, 3.63) is 49.4 Å². The number of halogens is 6. The van der Waals surface area contributed by atoms with Crippen molar-refractivity contribution in [1.29, 1.82) is 0 Å². The van der Waals surface area contributed by atoms with Gasteiger partial charge in [-0.2, -0.15) is 0 Å². The first-order valence-corrected chi connectivity index (χ1v) is 8.33. The molecule has 13 heteroatoms. The molecule has 2 aromatic carbocycles. The third-order valence-corrected chi connectivity index (χ3v) is 4.16. The Morgan fingerprint density at radius 3 is 1.85 bits per heavy atom. The van der Waals surface area contributed by atoms with Crippen LogP contribution < -0.4 is 18.9 Å². The first-order valence-electron chi connectivity index (χ1n) is 6.75. The van der Waals surface area contributed by atoms with Gasteiger partial charge in [0.05, 0.1) is 15.5 Å². The van der Waals surface area contributed by atoms with Crippen molar-refractivity contribution in [3.8, 4) is 23.0 Å². The number of alkyl halides is 4. The lowest BCUT2D eigenvalue weighted by Gasteiger charge is -2.04. The minimum atomic E-state index is -3.77. The zero-order valence-electron chi connectivity index (χ0n) is 12.6. The highest BCUT2D eigenvalue weighted by Gasteiger charge is 2.45. The minimum Gasteiger partial charge on any atom is -0.395 e. The standard InChI is InChI=1S/C7H2BrF2NO4.C7H3BrF2O2/c8-3-1-5-6(2-4(3)11(12)13)15-7(9,10)14-5;8-4-1-2-5-6(3-4)12-7(9,10)11-5/h1-2H;1-3H. The summed E-state index contributed by atoms with van der Waals surface area (Å²) in [5, 5.41) is 10.5. The topological polar surface area (TPSA) is 80.1 Å². The average molecular weight is 519 g/mol. The third-order valence-electron chi connectivity index (χ3n) is 3.03. The Hall–Kier alpha value is -2.28. The lowest BCUT2D eigenvalue weighted by molar-refractivity contribution is -0.385. The van der Waals surface area contributed by atoms with Crippen molar-refractivity contribution in [2.24, 2.45) is 0 Å². The summed E-state index contributed by atoms with van der Waals surface area (Å²) in [4.78, 5) is 9.76. The Morgan fingerprint density at radius 2 is 1.30 bits per heavy atom. The average Bonchev–Trinajstić information content (AvgIpc) is 2.98. The van der Waals surface area contributed by atoms with E-state index < -0.39 is 17.5 Å². The van der Waals surface area contributed by atoms with Gasteiger partial charge in [-0.05, 0) is 34.1 Å². The SMILES string of the molecule is FC1(F)Oc2ccc(Br)cc2O1.O=[N+]([O-])c1cc2c(cc1Br)OC(F)(F)O2. The molecule has 4 rings (SSSR count). The zero-order valence-corrected chi connectivity index (χ0v) is 15.7. The van der Waals surface area contributed by atoms with Crippen molar-refractivity contribution in [2.75, 3.05) is 0 Å². The summed E-state index contributed by atoms with van der Waals surface area (Å²) in [5.74, 6) is -0.482. The first-order chi connectivity index (χ1) is 12.5. The fourth-order valence-electron chi connectivity index (χ4n) is 2.02. The van der Waals surface area contributed by atoms with E-state index in [9.17, 15) is 27.7 Å². The summed E-state index contributed by atoms with van der Waals surface area (Å²) in [7, 11) is 0. The van der Waals surface area contributed by atoms with E-state index in [1.807, 2.05) is 0 Å². The van der Waals surface area contributed by atoms with Crippen LogP contribution in [0, 0.1) is 10.1 Å². The molecule has 2 heterocycles. The van der Waals surface area contributed by atoms with Crippen LogP contribution in [0.4, 0.5) is 23.2 Å². The van der Waals surface area contributed by atoms with Crippen LogP contribution in [0.15, 0.2) is 39.3 Å². The molecule has 2 aliphatic rings. The van der Waals surface area contributed by atoms with E-state index in [0.717, 1.165) is 12.1 Å². The predicted molar refractivity (Wildman–Crippen MR) is 87.3 cm³/mol. The van der Waals surface area contributed by atoms with Crippen molar-refractivity contribution in [3.63, 3.8) is 0 Å². The molecule has 0 radical (unpaired) electrons. The number of hydrogen-bond acceptors (Lipinski definition) is 6. The Balaban J connectivity index is 0.000000159. The molecule has 0 fully saturated rings. The van der Waals surface area contributed by atoms with Crippen LogP contribution in [0.25, 0.3) is 0 Å². The van der Waals surface area contributed by atoms with E-state index in [-0.39, 0.29) is 33.2 Å². The maximum Gasteiger partial charge on any atom is 0.586 e. The minimum absolute atomic E-state index is 0.0487. The van der Waals surface area contributed by atoms with Crippen LogP contribution in [-0.4, -0.2) is 17.5 Å². The summed E-state index contributed by atoms with van der Waals surface area (Å²) in [5.41, 5.74) is -0.366. The molecule has 0 aliphatic carbocycles. The van der Waals surface area contributed by atoms with Gasteiger partial charge in [0.15, 0.2) is 23.0 Å².